The quantitative estimate of drug-likeness (QED) is 0.156. The Hall–Kier alpha value is -5.02. The maximum Gasteiger partial charge on any atom is 0.346 e. The number of anilines is 1. The van der Waals surface area contributed by atoms with Crippen LogP contribution in [0.4, 0.5) is 11.4 Å². The van der Waals surface area contributed by atoms with E-state index >= 15 is 0 Å². The summed E-state index contributed by atoms with van der Waals surface area (Å²) in [6, 6.07) is 17.3. The van der Waals surface area contributed by atoms with E-state index in [0.717, 1.165) is 18.2 Å². The maximum absolute atomic E-state index is 12.6. The van der Waals surface area contributed by atoms with Crippen LogP contribution in [0.15, 0.2) is 83.3 Å². The Labute approximate surface area is 198 Å². The highest BCUT2D eigenvalue weighted by atomic mass is 32.2. The van der Waals surface area contributed by atoms with E-state index in [1.165, 1.54) is 60.7 Å². The van der Waals surface area contributed by atoms with Gasteiger partial charge < -0.3 is 14.6 Å². The molecule has 11 nitrogen and oxygen atoms in total. The molecule has 12 heteroatoms. The Morgan fingerprint density at radius 3 is 2.43 bits per heavy atom. The van der Waals surface area contributed by atoms with Crippen molar-refractivity contribution in [1.82, 2.24) is 0 Å². The van der Waals surface area contributed by atoms with Gasteiger partial charge in [-0.15, -0.1) is 0 Å². The number of benzene rings is 3. The molecule has 176 valence electrons. The second-order valence-electron chi connectivity index (χ2n) is 6.81. The van der Waals surface area contributed by atoms with Gasteiger partial charge in [-0.2, -0.15) is 13.7 Å². The third-order valence-electron chi connectivity index (χ3n) is 4.48. The van der Waals surface area contributed by atoms with Crippen LogP contribution >= 0.6 is 0 Å². The molecule has 2 N–H and O–H groups in total. The number of para-hydroxylation sites is 2. The van der Waals surface area contributed by atoms with Crippen LogP contribution in [0.25, 0.3) is 6.08 Å². The van der Waals surface area contributed by atoms with Gasteiger partial charge in [0.1, 0.15) is 17.4 Å². The monoisotopic (exact) mass is 493 g/mol. The van der Waals surface area contributed by atoms with Gasteiger partial charge in [0.15, 0.2) is 4.90 Å². The minimum Gasteiger partial charge on any atom is -0.478 e. The third-order valence-corrected chi connectivity index (χ3v) is 5.77. The summed E-state index contributed by atoms with van der Waals surface area (Å²) in [6.45, 7) is 0. The summed E-state index contributed by atoms with van der Waals surface area (Å²) in [5, 5.41) is 32.2. The minimum absolute atomic E-state index is 0.0150. The number of nitrogens with zero attached hydrogens (tertiary/aromatic N) is 2. The summed E-state index contributed by atoms with van der Waals surface area (Å²) >= 11 is 0. The van der Waals surface area contributed by atoms with E-state index in [9.17, 15) is 38.5 Å². The predicted molar refractivity (Wildman–Crippen MR) is 123 cm³/mol. The van der Waals surface area contributed by atoms with Crippen molar-refractivity contribution in [1.29, 1.82) is 5.26 Å². The zero-order chi connectivity index (χ0) is 25.6. The normalized spacial score (nSPS) is 11.2. The molecule has 0 aliphatic heterocycles. The SMILES string of the molecule is N#C/C(=C\c1cccc(OS(=O)(=O)c2ccccc2[N+](=O)[O-])c1)C(=O)Nc1ccccc1C(=O)O. The number of nitro benzene ring substituents is 1. The zero-order valence-electron chi connectivity index (χ0n) is 17.6. The first kappa shape index (κ1) is 24.6. The molecule has 0 heterocycles. The van der Waals surface area contributed by atoms with E-state index < -0.39 is 43.1 Å². The number of carbonyl (C=O) groups excluding carboxylic acids is 1. The fraction of sp³-hybridized carbons (Fsp3) is 0. The van der Waals surface area contributed by atoms with Crippen LogP contribution in [0.3, 0.4) is 0 Å². The molecule has 1 amide bonds. The van der Waals surface area contributed by atoms with E-state index in [0.29, 0.717) is 0 Å². The molecule has 35 heavy (non-hydrogen) atoms. The molecule has 0 fully saturated rings. The molecule has 0 unspecified atom stereocenters. The number of rotatable bonds is 8. The Kier molecular flexibility index (Phi) is 7.23. The molecule has 0 aromatic heterocycles. The highest BCUT2D eigenvalue weighted by molar-refractivity contribution is 7.87. The number of hydrogen-bond acceptors (Lipinski definition) is 8. The van der Waals surface area contributed by atoms with Crippen LogP contribution in [-0.4, -0.2) is 30.3 Å². The molecule has 3 rings (SSSR count). The topological polar surface area (TPSA) is 177 Å². The molecule has 0 saturated carbocycles. The second-order valence-corrected chi connectivity index (χ2v) is 8.32. The van der Waals surface area contributed by atoms with Crippen molar-refractivity contribution in [3.05, 3.63) is 99.6 Å². The van der Waals surface area contributed by atoms with Gasteiger partial charge in [-0.3, -0.25) is 14.9 Å². The van der Waals surface area contributed by atoms with Gasteiger partial charge in [0, 0.05) is 6.07 Å². The fourth-order valence-corrected chi connectivity index (χ4v) is 4.02. The van der Waals surface area contributed by atoms with Crippen LogP contribution < -0.4 is 9.50 Å². The van der Waals surface area contributed by atoms with Crippen LogP contribution in [0.5, 0.6) is 5.75 Å². The minimum atomic E-state index is -4.57. The molecule has 0 spiro atoms. The molecular weight excluding hydrogens is 478 g/mol. The van der Waals surface area contributed by atoms with Gasteiger partial charge in [-0.25, -0.2) is 4.79 Å². The molecule has 0 aliphatic rings. The van der Waals surface area contributed by atoms with Gasteiger partial charge in [0.2, 0.25) is 0 Å². The summed E-state index contributed by atoms with van der Waals surface area (Å²) in [7, 11) is -4.57. The molecule has 0 atom stereocenters. The summed E-state index contributed by atoms with van der Waals surface area (Å²) < 4.78 is 30.2. The Morgan fingerprint density at radius 1 is 1.06 bits per heavy atom. The van der Waals surface area contributed by atoms with Crippen LogP contribution in [0, 0.1) is 21.4 Å². The number of aromatic carboxylic acids is 1. The Morgan fingerprint density at radius 2 is 1.74 bits per heavy atom. The van der Waals surface area contributed by atoms with Gasteiger partial charge in [0.25, 0.3) is 11.6 Å². The molecule has 0 aliphatic carbocycles. The number of nitrogens with one attached hydrogen (secondary N) is 1. The molecule has 0 saturated heterocycles. The first-order chi connectivity index (χ1) is 16.6. The van der Waals surface area contributed by atoms with Crippen LogP contribution in [0.2, 0.25) is 0 Å². The molecule has 3 aromatic carbocycles. The summed E-state index contributed by atoms with van der Waals surface area (Å²) in [6.07, 6.45) is 1.14. The Balaban J connectivity index is 1.87. The molecule has 3 aromatic rings. The lowest BCUT2D eigenvalue weighted by molar-refractivity contribution is -0.387. The molecule has 0 bridgehead atoms. The maximum atomic E-state index is 12.6. The number of hydrogen-bond donors (Lipinski definition) is 2. The number of carbonyl (C=O) groups is 2. The largest absolute Gasteiger partial charge is 0.478 e. The van der Waals surface area contributed by atoms with Crippen molar-refractivity contribution in [3.8, 4) is 11.8 Å². The highest BCUT2D eigenvalue weighted by Gasteiger charge is 2.27. The van der Waals surface area contributed by atoms with Crippen molar-refractivity contribution in [2.24, 2.45) is 0 Å². The first-order valence-corrected chi connectivity index (χ1v) is 11.1. The lowest BCUT2D eigenvalue weighted by Gasteiger charge is -2.09. The fourth-order valence-electron chi connectivity index (χ4n) is 2.93. The number of carboxylic acids is 1. The van der Waals surface area contributed by atoms with E-state index in [-0.39, 0.29) is 22.6 Å². The molecule has 0 radical (unpaired) electrons. The number of amides is 1. The Bertz CT molecular complexity index is 1510. The van der Waals surface area contributed by atoms with Gasteiger partial charge >= 0.3 is 16.1 Å². The first-order valence-electron chi connectivity index (χ1n) is 9.66. The number of carboxylic acid groups (broad SMARTS) is 1. The van der Waals surface area contributed by atoms with E-state index in [2.05, 4.69) is 5.32 Å². The zero-order valence-corrected chi connectivity index (χ0v) is 18.4. The van der Waals surface area contributed by atoms with Crippen LogP contribution in [0.1, 0.15) is 15.9 Å². The van der Waals surface area contributed by atoms with E-state index in [1.54, 1.807) is 6.07 Å². The van der Waals surface area contributed by atoms with Crippen molar-refractivity contribution in [3.63, 3.8) is 0 Å². The van der Waals surface area contributed by atoms with Gasteiger partial charge in [-0.1, -0.05) is 36.4 Å². The second kappa shape index (κ2) is 10.3. The number of nitriles is 1. The predicted octanol–water partition coefficient (Wildman–Crippen LogP) is 3.61. The van der Waals surface area contributed by atoms with Crippen molar-refractivity contribution < 1.29 is 32.2 Å². The summed E-state index contributed by atoms with van der Waals surface area (Å²) in [5.41, 5.74) is -1.04. The average molecular weight is 493 g/mol. The lowest BCUT2D eigenvalue weighted by Crippen LogP contribution is -2.16. The highest BCUT2D eigenvalue weighted by Crippen LogP contribution is 2.27. The van der Waals surface area contributed by atoms with Crippen molar-refractivity contribution >= 4 is 39.4 Å². The number of nitro groups is 1. The average Bonchev–Trinajstić information content (AvgIpc) is 2.82. The summed E-state index contributed by atoms with van der Waals surface area (Å²) in [4.78, 5) is 33.5. The summed E-state index contributed by atoms with van der Waals surface area (Å²) in [5.74, 6) is -2.38. The van der Waals surface area contributed by atoms with E-state index in [1.807, 2.05) is 0 Å². The van der Waals surface area contributed by atoms with Crippen molar-refractivity contribution in [2.45, 2.75) is 4.90 Å². The van der Waals surface area contributed by atoms with Gasteiger partial charge in [0.05, 0.1) is 16.2 Å². The standard InChI is InChI=1S/C23H15N3O8S/c24-14-16(22(27)25-19-9-2-1-8-18(19)23(28)29)12-15-6-5-7-17(13-15)34-35(32,33)21-11-4-3-10-20(21)26(30)31/h1-13H,(H,25,27)(H,28,29)/b16-12+. The van der Waals surface area contributed by atoms with Gasteiger partial charge in [-0.05, 0) is 42.0 Å². The lowest BCUT2D eigenvalue weighted by atomic mass is 10.1. The third kappa shape index (κ3) is 5.86. The molecular formula is C23H15N3O8S. The van der Waals surface area contributed by atoms with Crippen molar-refractivity contribution in [2.75, 3.05) is 5.32 Å². The van der Waals surface area contributed by atoms with Crippen LogP contribution in [-0.2, 0) is 14.9 Å². The smallest absolute Gasteiger partial charge is 0.346 e. The van der Waals surface area contributed by atoms with E-state index in [4.69, 9.17) is 4.18 Å².